The van der Waals surface area contributed by atoms with E-state index >= 15 is 0 Å². The number of nitrogens with zero attached hydrogens (tertiary/aromatic N) is 1. The number of ether oxygens (including phenoxy) is 1. The Balaban J connectivity index is 2.54. The van der Waals surface area contributed by atoms with Gasteiger partial charge in [0.15, 0.2) is 0 Å². The minimum atomic E-state index is -0.495. The zero-order valence-corrected chi connectivity index (χ0v) is 8.59. The first-order valence-electron chi connectivity index (χ1n) is 4.66. The number of rotatable bonds is 5. The topological polar surface area (TPSA) is 69.4 Å². The number of carbonyl (C=O) groups is 1. The third-order valence-corrected chi connectivity index (χ3v) is 1.92. The van der Waals surface area contributed by atoms with Gasteiger partial charge in [0.2, 0.25) is 0 Å². The summed E-state index contributed by atoms with van der Waals surface area (Å²) in [5.41, 5.74) is 0.790. The van der Waals surface area contributed by atoms with Gasteiger partial charge in [0.1, 0.15) is 0 Å². The molecule has 1 rings (SSSR count). The molecule has 1 aromatic rings. The highest BCUT2D eigenvalue weighted by molar-refractivity contribution is 5.81. The van der Waals surface area contributed by atoms with Crippen molar-refractivity contribution in [2.24, 2.45) is 0 Å². The summed E-state index contributed by atoms with van der Waals surface area (Å²) in [7, 11) is 0. The molecule has 0 aliphatic heterocycles. The first-order chi connectivity index (χ1) is 7.63. The molecule has 0 radical (unpaired) electrons. The molecular weight excluding hydrogens is 210 g/mol. The fourth-order valence-corrected chi connectivity index (χ4v) is 1.15. The number of hydrogen-bond acceptors (Lipinski definition) is 4. The van der Waals surface area contributed by atoms with Crippen LogP contribution >= 0.6 is 0 Å². The SMILES string of the molecule is C=CC(=O)OCCc1cccc([N+](=O)[O-])c1. The van der Waals surface area contributed by atoms with Gasteiger partial charge in [-0.2, -0.15) is 0 Å². The van der Waals surface area contributed by atoms with Gasteiger partial charge >= 0.3 is 5.97 Å². The van der Waals surface area contributed by atoms with E-state index in [1.165, 1.54) is 12.1 Å². The highest BCUT2D eigenvalue weighted by atomic mass is 16.6. The Morgan fingerprint density at radius 3 is 2.94 bits per heavy atom. The molecule has 0 aliphatic rings. The van der Waals surface area contributed by atoms with Gasteiger partial charge in [-0.3, -0.25) is 10.1 Å². The van der Waals surface area contributed by atoms with Crippen LogP contribution in [0.5, 0.6) is 0 Å². The molecule has 1 aromatic carbocycles. The van der Waals surface area contributed by atoms with Crippen LogP contribution in [-0.2, 0) is 16.0 Å². The lowest BCUT2D eigenvalue weighted by atomic mass is 10.1. The number of hydrogen-bond donors (Lipinski definition) is 0. The van der Waals surface area contributed by atoms with Crippen LogP contribution in [0, 0.1) is 10.1 Å². The van der Waals surface area contributed by atoms with E-state index in [0.29, 0.717) is 6.42 Å². The van der Waals surface area contributed by atoms with E-state index in [-0.39, 0.29) is 12.3 Å². The molecule has 0 atom stereocenters. The second-order valence-electron chi connectivity index (χ2n) is 3.05. The van der Waals surface area contributed by atoms with Crippen molar-refractivity contribution in [3.05, 3.63) is 52.6 Å². The van der Waals surface area contributed by atoms with Crippen molar-refractivity contribution in [2.45, 2.75) is 6.42 Å². The van der Waals surface area contributed by atoms with E-state index < -0.39 is 10.9 Å². The van der Waals surface area contributed by atoms with Crippen molar-refractivity contribution in [2.75, 3.05) is 6.61 Å². The molecule has 0 bridgehead atoms. The smallest absolute Gasteiger partial charge is 0.330 e. The first kappa shape index (κ1) is 11.9. The van der Waals surface area contributed by atoms with Crippen molar-refractivity contribution in [1.29, 1.82) is 0 Å². The molecule has 5 heteroatoms. The summed E-state index contributed by atoms with van der Waals surface area (Å²) in [6.45, 7) is 3.45. The number of nitro benzene ring substituents is 1. The summed E-state index contributed by atoms with van der Waals surface area (Å²) in [6, 6.07) is 6.22. The van der Waals surface area contributed by atoms with Crippen LogP contribution in [0.4, 0.5) is 5.69 Å². The lowest BCUT2D eigenvalue weighted by molar-refractivity contribution is -0.384. The molecule has 5 nitrogen and oxygen atoms in total. The maximum atomic E-state index is 10.7. The Labute approximate surface area is 92.5 Å². The average molecular weight is 221 g/mol. The molecular formula is C11H11NO4. The second kappa shape index (κ2) is 5.65. The highest BCUT2D eigenvalue weighted by Crippen LogP contribution is 2.13. The van der Waals surface area contributed by atoms with Gasteiger partial charge in [0.25, 0.3) is 5.69 Å². The summed E-state index contributed by atoms with van der Waals surface area (Å²) in [6.07, 6.45) is 1.52. The molecule has 84 valence electrons. The number of nitro groups is 1. The van der Waals surface area contributed by atoms with Crippen LogP contribution in [0.3, 0.4) is 0 Å². The quantitative estimate of drug-likeness (QED) is 0.329. The zero-order chi connectivity index (χ0) is 12.0. The van der Waals surface area contributed by atoms with Gasteiger partial charge in [-0.05, 0) is 5.56 Å². The zero-order valence-electron chi connectivity index (χ0n) is 8.59. The summed E-state index contributed by atoms with van der Waals surface area (Å²) in [5, 5.41) is 10.5. The Bertz CT molecular complexity index is 414. The Kier molecular flexibility index (Phi) is 4.20. The van der Waals surface area contributed by atoms with E-state index in [4.69, 9.17) is 4.74 Å². The Hall–Kier alpha value is -2.17. The van der Waals surface area contributed by atoms with Crippen molar-refractivity contribution in [3.8, 4) is 0 Å². The Morgan fingerprint density at radius 2 is 2.31 bits per heavy atom. The molecule has 0 aliphatic carbocycles. The number of benzene rings is 1. The monoisotopic (exact) mass is 221 g/mol. The van der Waals surface area contributed by atoms with Crippen molar-refractivity contribution in [3.63, 3.8) is 0 Å². The van der Waals surface area contributed by atoms with Crippen LogP contribution in [-0.4, -0.2) is 17.5 Å². The summed E-state index contributed by atoms with van der Waals surface area (Å²) in [4.78, 5) is 20.8. The number of non-ortho nitro benzene ring substituents is 1. The average Bonchev–Trinajstić information content (AvgIpc) is 2.29. The normalized spacial score (nSPS) is 9.50. The van der Waals surface area contributed by atoms with Crippen LogP contribution in [0.1, 0.15) is 5.56 Å². The van der Waals surface area contributed by atoms with Crippen LogP contribution < -0.4 is 0 Å². The van der Waals surface area contributed by atoms with Gasteiger partial charge in [-0.25, -0.2) is 4.79 Å². The highest BCUT2D eigenvalue weighted by Gasteiger charge is 2.05. The Morgan fingerprint density at radius 1 is 1.56 bits per heavy atom. The van der Waals surface area contributed by atoms with Crippen molar-refractivity contribution in [1.82, 2.24) is 0 Å². The second-order valence-corrected chi connectivity index (χ2v) is 3.05. The van der Waals surface area contributed by atoms with Gasteiger partial charge in [-0.1, -0.05) is 18.7 Å². The maximum absolute atomic E-state index is 10.7. The fraction of sp³-hybridized carbons (Fsp3) is 0.182. The molecule has 0 saturated heterocycles. The van der Waals surface area contributed by atoms with Gasteiger partial charge in [0.05, 0.1) is 11.5 Å². The summed E-state index contributed by atoms with van der Waals surface area (Å²) in [5.74, 6) is -0.495. The van der Waals surface area contributed by atoms with Crippen LogP contribution in [0.2, 0.25) is 0 Å². The molecule has 0 heterocycles. The van der Waals surface area contributed by atoms with Crippen LogP contribution in [0.25, 0.3) is 0 Å². The van der Waals surface area contributed by atoms with E-state index in [1.807, 2.05) is 0 Å². The van der Waals surface area contributed by atoms with Gasteiger partial charge in [0, 0.05) is 24.6 Å². The molecule has 0 unspecified atom stereocenters. The van der Waals surface area contributed by atoms with Crippen LogP contribution in [0.15, 0.2) is 36.9 Å². The largest absolute Gasteiger partial charge is 0.462 e. The molecule has 0 fully saturated rings. The summed E-state index contributed by atoms with van der Waals surface area (Å²) < 4.78 is 4.77. The standard InChI is InChI=1S/C11H11NO4/c1-2-11(13)16-7-6-9-4-3-5-10(8-9)12(14)15/h2-5,8H,1,6-7H2. The van der Waals surface area contributed by atoms with Crippen molar-refractivity contribution < 1.29 is 14.5 Å². The van der Waals surface area contributed by atoms with Gasteiger partial charge < -0.3 is 4.74 Å². The molecule has 0 aromatic heterocycles. The lowest BCUT2D eigenvalue weighted by Gasteiger charge is -2.02. The van der Waals surface area contributed by atoms with E-state index in [9.17, 15) is 14.9 Å². The first-order valence-corrected chi connectivity index (χ1v) is 4.66. The third kappa shape index (κ3) is 3.53. The number of esters is 1. The van der Waals surface area contributed by atoms with E-state index in [1.54, 1.807) is 12.1 Å². The van der Waals surface area contributed by atoms with E-state index in [0.717, 1.165) is 11.6 Å². The molecule has 0 spiro atoms. The molecule has 0 amide bonds. The maximum Gasteiger partial charge on any atom is 0.330 e. The molecule has 0 N–H and O–H groups in total. The van der Waals surface area contributed by atoms with Crippen molar-refractivity contribution >= 4 is 11.7 Å². The molecule has 16 heavy (non-hydrogen) atoms. The third-order valence-electron chi connectivity index (χ3n) is 1.92. The molecule has 0 saturated carbocycles. The predicted molar refractivity (Wildman–Crippen MR) is 58.0 cm³/mol. The van der Waals surface area contributed by atoms with E-state index in [2.05, 4.69) is 6.58 Å². The minimum Gasteiger partial charge on any atom is -0.462 e. The number of carbonyl (C=O) groups excluding carboxylic acids is 1. The predicted octanol–water partition coefficient (Wildman–Crippen LogP) is 1.87. The minimum absolute atomic E-state index is 0.0348. The van der Waals surface area contributed by atoms with Gasteiger partial charge in [-0.15, -0.1) is 0 Å². The lowest BCUT2D eigenvalue weighted by Crippen LogP contribution is -2.04. The fourth-order valence-electron chi connectivity index (χ4n) is 1.15. The summed E-state index contributed by atoms with van der Waals surface area (Å²) >= 11 is 0.